The molecule has 0 spiro atoms. The van der Waals surface area contributed by atoms with Crippen LogP contribution in [0, 0.1) is 0 Å². The minimum atomic E-state index is 0.172. The van der Waals surface area contributed by atoms with E-state index in [0.717, 1.165) is 11.3 Å². The summed E-state index contributed by atoms with van der Waals surface area (Å²) < 4.78 is 0. The smallest absolute Gasteiger partial charge is 0.0595 e. The molecule has 0 amide bonds. The van der Waals surface area contributed by atoms with Gasteiger partial charge in [-0.05, 0) is 43.7 Å². The lowest BCUT2D eigenvalue weighted by atomic mass is 10.1. The summed E-state index contributed by atoms with van der Waals surface area (Å²) in [4.78, 5) is 4.35. The number of pyridine rings is 1. The SMILES string of the molecule is CC(N[C@H](C)c1ccccn1)c1ccc(Cl)c(Cl)c1. The van der Waals surface area contributed by atoms with Crippen molar-refractivity contribution in [1.29, 1.82) is 0 Å². The third-order valence-electron chi connectivity index (χ3n) is 3.08. The van der Waals surface area contributed by atoms with E-state index in [1.165, 1.54) is 0 Å². The fraction of sp³-hybridized carbons (Fsp3) is 0.267. The summed E-state index contributed by atoms with van der Waals surface area (Å²) in [5, 5.41) is 4.66. The second kappa shape index (κ2) is 6.38. The fourth-order valence-corrected chi connectivity index (χ4v) is 2.28. The fourth-order valence-electron chi connectivity index (χ4n) is 1.97. The molecule has 1 N–H and O–H groups in total. The first-order chi connectivity index (χ1) is 9.08. The number of hydrogen-bond donors (Lipinski definition) is 1. The number of nitrogens with zero attached hydrogens (tertiary/aromatic N) is 1. The van der Waals surface area contributed by atoms with E-state index in [-0.39, 0.29) is 12.1 Å². The van der Waals surface area contributed by atoms with E-state index in [0.29, 0.717) is 10.0 Å². The van der Waals surface area contributed by atoms with Crippen molar-refractivity contribution in [3.8, 4) is 0 Å². The minimum absolute atomic E-state index is 0.172. The molecule has 100 valence electrons. The van der Waals surface area contributed by atoms with E-state index in [9.17, 15) is 0 Å². The van der Waals surface area contributed by atoms with Crippen molar-refractivity contribution >= 4 is 23.2 Å². The summed E-state index contributed by atoms with van der Waals surface area (Å²) in [6.07, 6.45) is 1.80. The van der Waals surface area contributed by atoms with Crippen LogP contribution in [-0.4, -0.2) is 4.98 Å². The van der Waals surface area contributed by atoms with Crippen LogP contribution < -0.4 is 5.32 Å². The van der Waals surface area contributed by atoms with Gasteiger partial charge in [0.25, 0.3) is 0 Å². The van der Waals surface area contributed by atoms with Crippen LogP contribution in [0.25, 0.3) is 0 Å². The maximum atomic E-state index is 6.04. The second-order valence-corrected chi connectivity index (χ2v) is 5.35. The standard InChI is InChI=1S/C15H16Cl2N2/c1-10(12-6-7-13(16)14(17)9-12)19-11(2)15-5-3-4-8-18-15/h3-11,19H,1-2H3/t10?,11-/m1/s1. The zero-order valence-electron chi connectivity index (χ0n) is 10.9. The number of benzene rings is 1. The summed E-state index contributed by atoms with van der Waals surface area (Å²) in [5.74, 6) is 0. The van der Waals surface area contributed by atoms with Crippen molar-refractivity contribution in [2.24, 2.45) is 0 Å². The highest BCUT2D eigenvalue weighted by atomic mass is 35.5. The minimum Gasteiger partial charge on any atom is -0.302 e. The molecule has 0 aliphatic rings. The van der Waals surface area contributed by atoms with Gasteiger partial charge >= 0.3 is 0 Å². The largest absolute Gasteiger partial charge is 0.302 e. The zero-order valence-corrected chi connectivity index (χ0v) is 12.4. The molecule has 0 saturated heterocycles. The lowest BCUT2D eigenvalue weighted by Crippen LogP contribution is -2.23. The Morgan fingerprint density at radius 1 is 1.00 bits per heavy atom. The quantitative estimate of drug-likeness (QED) is 0.876. The Hall–Kier alpha value is -1.09. The van der Waals surface area contributed by atoms with Crippen molar-refractivity contribution in [3.05, 3.63) is 63.9 Å². The van der Waals surface area contributed by atoms with Crippen LogP contribution in [0.5, 0.6) is 0 Å². The molecule has 1 unspecified atom stereocenters. The zero-order chi connectivity index (χ0) is 13.8. The van der Waals surface area contributed by atoms with Gasteiger partial charge in [0.05, 0.1) is 15.7 Å². The van der Waals surface area contributed by atoms with Crippen LogP contribution in [0.2, 0.25) is 10.0 Å². The molecule has 2 rings (SSSR count). The topological polar surface area (TPSA) is 24.9 Å². The van der Waals surface area contributed by atoms with Crippen LogP contribution in [0.3, 0.4) is 0 Å². The van der Waals surface area contributed by atoms with E-state index in [1.54, 1.807) is 6.20 Å². The van der Waals surface area contributed by atoms with E-state index >= 15 is 0 Å². The van der Waals surface area contributed by atoms with Crippen LogP contribution >= 0.6 is 23.2 Å². The van der Waals surface area contributed by atoms with Gasteiger partial charge in [0, 0.05) is 18.3 Å². The molecule has 0 aliphatic carbocycles. The summed E-state index contributed by atoms with van der Waals surface area (Å²) >= 11 is 12.0. The van der Waals surface area contributed by atoms with Gasteiger partial charge in [0.2, 0.25) is 0 Å². The van der Waals surface area contributed by atoms with Crippen LogP contribution in [0.1, 0.15) is 37.2 Å². The second-order valence-electron chi connectivity index (χ2n) is 4.54. The molecule has 0 fully saturated rings. The molecule has 2 aromatic rings. The van der Waals surface area contributed by atoms with Crippen LogP contribution in [0.15, 0.2) is 42.6 Å². The average molecular weight is 295 g/mol. The van der Waals surface area contributed by atoms with Crippen molar-refractivity contribution in [1.82, 2.24) is 10.3 Å². The number of nitrogens with one attached hydrogen (secondary N) is 1. The highest BCUT2D eigenvalue weighted by molar-refractivity contribution is 6.42. The average Bonchev–Trinajstić information content (AvgIpc) is 2.42. The highest BCUT2D eigenvalue weighted by Crippen LogP contribution is 2.26. The summed E-state index contributed by atoms with van der Waals surface area (Å²) in [6.45, 7) is 4.19. The first-order valence-electron chi connectivity index (χ1n) is 6.20. The highest BCUT2D eigenvalue weighted by Gasteiger charge is 2.12. The Morgan fingerprint density at radius 2 is 1.79 bits per heavy atom. The van der Waals surface area contributed by atoms with Gasteiger partial charge in [0.15, 0.2) is 0 Å². The summed E-state index contributed by atoms with van der Waals surface area (Å²) in [5.41, 5.74) is 2.13. The number of aromatic nitrogens is 1. The molecule has 19 heavy (non-hydrogen) atoms. The van der Waals surface area contributed by atoms with Crippen molar-refractivity contribution in [2.45, 2.75) is 25.9 Å². The third-order valence-corrected chi connectivity index (χ3v) is 3.81. The van der Waals surface area contributed by atoms with Crippen molar-refractivity contribution in [2.75, 3.05) is 0 Å². The molecule has 0 bridgehead atoms. The molecule has 1 aromatic heterocycles. The molecule has 0 aliphatic heterocycles. The van der Waals surface area contributed by atoms with Gasteiger partial charge in [-0.1, -0.05) is 35.3 Å². The molecule has 1 heterocycles. The number of rotatable bonds is 4. The maximum Gasteiger partial charge on any atom is 0.0595 e. The summed E-state index contributed by atoms with van der Waals surface area (Å²) in [7, 11) is 0. The molecule has 4 heteroatoms. The predicted molar refractivity (Wildman–Crippen MR) is 80.7 cm³/mol. The molecule has 0 saturated carbocycles. The van der Waals surface area contributed by atoms with E-state index in [4.69, 9.17) is 23.2 Å². The van der Waals surface area contributed by atoms with E-state index in [2.05, 4.69) is 24.1 Å². The van der Waals surface area contributed by atoms with Crippen LogP contribution in [0.4, 0.5) is 0 Å². The van der Waals surface area contributed by atoms with Gasteiger partial charge in [-0.2, -0.15) is 0 Å². The van der Waals surface area contributed by atoms with E-state index < -0.39 is 0 Å². The van der Waals surface area contributed by atoms with E-state index in [1.807, 2.05) is 36.4 Å². The molecule has 0 radical (unpaired) electrons. The summed E-state index contributed by atoms with van der Waals surface area (Å²) in [6, 6.07) is 12.0. The Labute approximate surface area is 123 Å². The lowest BCUT2D eigenvalue weighted by Gasteiger charge is -2.20. The molecular weight excluding hydrogens is 279 g/mol. The Morgan fingerprint density at radius 3 is 2.42 bits per heavy atom. The molecule has 2 nitrogen and oxygen atoms in total. The maximum absolute atomic E-state index is 6.04. The molecule has 2 atom stereocenters. The monoisotopic (exact) mass is 294 g/mol. The van der Waals surface area contributed by atoms with Crippen molar-refractivity contribution < 1.29 is 0 Å². The van der Waals surface area contributed by atoms with Gasteiger partial charge < -0.3 is 5.32 Å². The lowest BCUT2D eigenvalue weighted by molar-refractivity contribution is 0.486. The molecule has 1 aromatic carbocycles. The van der Waals surface area contributed by atoms with Crippen molar-refractivity contribution in [3.63, 3.8) is 0 Å². The van der Waals surface area contributed by atoms with Crippen LogP contribution in [-0.2, 0) is 0 Å². The Kier molecular flexibility index (Phi) is 4.81. The van der Waals surface area contributed by atoms with Gasteiger partial charge in [-0.25, -0.2) is 0 Å². The van der Waals surface area contributed by atoms with Gasteiger partial charge in [-0.3, -0.25) is 4.98 Å². The molecular formula is C15H16Cl2N2. The normalized spacial score (nSPS) is 14.1. The predicted octanol–water partition coefficient (Wildman–Crippen LogP) is 4.80. The first-order valence-corrected chi connectivity index (χ1v) is 6.95. The number of halogens is 2. The Balaban J connectivity index is 2.08. The first kappa shape index (κ1) is 14.3. The van der Waals surface area contributed by atoms with Gasteiger partial charge in [-0.15, -0.1) is 0 Å². The Bertz CT molecular complexity index is 543. The van der Waals surface area contributed by atoms with Gasteiger partial charge in [0.1, 0.15) is 0 Å². The third kappa shape index (κ3) is 3.69. The number of hydrogen-bond acceptors (Lipinski definition) is 2.